The predicted octanol–water partition coefficient (Wildman–Crippen LogP) is 1.94. The molecule has 0 saturated carbocycles. The van der Waals surface area contributed by atoms with Gasteiger partial charge in [0.05, 0.1) is 17.7 Å². The van der Waals surface area contributed by atoms with Gasteiger partial charge in [0.15, 0.2) is 0 Å². The molecule has 0 aliphatic carbocycles. The number of nitrogens with zero attached hydrogens (tertiary/aromatic N) is 5. The van der Waals surface area contributed by atoms with Gasteiger partial charge >= 0.3 is 0 Å². The molecule has 0 N–H and O–H groups in total. The molecule has 6 nitrogen and oxygen atoms in total. The van der Waals surface area contributed by atoms with Gasteiger partial charge in [-0.15, -0.1) is 0 Å². The SMILES string of the molecule is Cc1cc2n(n1)C1(CCN(Cc3ccncc3)CC1)CC(=O)N2C. The van der Waals surface area contributed by atoms with Gasteiger partial charge in [-0.1, -0.05) is 0 Å². The molecule has 126 valence electrons. The number of aromatic nitrogens is 3. The average molecular weight is 325 g/mol. The van der Waals surface area contributed by atoms with E-state index in [1.54, 1.807) is 4.90 Å². The molecule has 4 rings (SSSR count). The summed E-state index contributed by atoms with van der Waals surface area (Å²) >= 11 is 0. The van der Waals surface area contributed by atoms with Crippen LogP contribution in [-0.4, -0.2) is 45.7 Å². The molecule has 0 bridgehead atoms. The second-order valence-electron chi connectivity index (χ2n) is 7.04. The quantitative estimate of drug-likeness (QED) is 0.847. The fourth-order valence-electron chi connectivity index (χ4n) is 3.94. The first kappa shape index (κ1) is 15.3. The molecular weight excluding hydrogens is 302 g/mol. The van der Waals surface area contributed by atoms with Crippen molar-refractivity contribution in [2.24, 2.45) is 0 Å². The molecule has 1 spiro atoms. The van der Waals surface area contributed by atoms with Crippen LogP contribution in [0.3, 0.4) is 0 Å². The fraction of sp³-hybridized carbons (Fsp3) is 0.500. The van der Waals surface area contributed by atoms with E-state index in [0.717, 1.165) is 44.0 Å². The molecule has 0 atom stereocenters. The third-order valence-corrected chi connectivity index (χ3v) is 5.40. The second kappa shape index (κ2) is 5.70. The van der Waals surface area contributed by atoms with Gasteiger partial charge in [0.2, 0.25) is 5.91 Å². The number of hydrogen-bond acceptors (Lipinski definition) is 4. The highest BCUT2D eigenvalue weighted by molar-refractivity contribution is 5.94. The Morgan fingerprint density at radius 1 is 1.21 bits per heavy atom. The van der Waals surface area contributed by atoms with Crippen molar-refractivity contribution in [3.05, 3.63) is 41.9 Å². The highest BCUT2D eigenvalue weighted by atomic mass is 16.2. The minimum absolute atomic E-state index is 0.151. The molecule has 0 unspecified atom stereocenters. The zero-order chi connectivity index (χ0) is 16.7. The Labute approximate surface area is 142 Å². The number of fused-ring (bicyclic) bond motifs is 2. The molecule has 0 aromatic carbocycles. The van der Waals surface area contributed by atoms with Crippen molar-refractivity contribution in [3.63, 3.8) is 0 Å². The normalized spacial score (nSPS) is 20.4. The van der Waals surface area contributed by atoms with Crippen LogP contribution in [0.15, 0.2) is 30.6 Å². The summed E-state index contributed by atoms with van der Waals surface area (Å²) in [4.78, 5) is 20.8. The number of amides is 1. The zero-order valence-electron chi connectivity index (χ0n) is 14.3. The van der Waals surface area contributed by atoms with Gasteiger partial charge in [0, 0.05) is 45.1 Å². The summed E-state index contributed by atoms with van der Waals surface area (Å²) < 4.78 is 2.12. The molecule has 0 radical (unpaired) electrons. The van der Waals surface area contributed by atoms with Crippen LogP contribution in [-0.2, 0) is 16.9 Å². The van der Waals surface area contributed by atoms with Crippen molar-refractivity contribution in [1.82, 2.24) is 19.7 Å². The lowest BCUT2D eigenvalue weighted by Gasteiger charge is -2.46. The minimum atomic E-state index is -0.151. The Bertz CT molecular complexity index is 746. The summed E-state index contributed by atoms with van der Waals surface area (Å²) in [6, 6.07) is 6.15. The number of aryl methyl sites for hydroxylation is 1. The van der Waals surface area contributed by atoms with Gasteiger partial charge in [0.25, 0.3) is 0 Å². The minimum Gasteiger partial charge on any atom is -0.300 e. The molecule has 1 amide bonds. The first-order chi connectivity index (χ1) is 11.6. The Balaban J connectivity index is 1.54. The first-order valence-electron chi connectivity index (χ1n) is 8.52. The van der Waals surface area contributed by atoms with Crippen molar-refractivity contribution in [3.8, 4) is 0 Å². The number of anilines is 1. The third kappa shape index (κ3) is 2.51. The highest BCUT2D eigenvalue weighted by Crippen LogP contribution is 2.41. The molecule has 4 heterocycles. The number of carbonyl (C=O) groups excluding carboxylic acids is 1. The van der Waals surface area contributed by atoms with Crippen LogP contribution in [0.1, 0.15) is 30.5 Å². The standard InChI is InChI=1S/C18H23N5O/c1-14-11-16-21(2)17(24)12-18(23(16)20-14)5-9-22(10-6-18)13-15-3-7-19-8-4-15/h3-4,7-8,11H,5-6,9-10,12-13H2,1-2H3. The second-order valence-corrected chi connectivity index (χ2v) is 7.04. The lowest BCUT2D eigenvalue weighted by molar-refractivity contribution is -0.122. The predicted molar refractivity (Wildman–Crippen MR) is 91.7 cm³/mol. The Hall–Kier alpha value is -2.21. The van der Waals surface area contributed by atoms with Crippen LogP contribution in [0.2, 0.25) is 0 Å². The molecule has 2 aliphatic heterocycles. The van der Waals surface area contributed by atoms with Crippen LogP contribution >= 0.6 is 0 Å². The fourth-order valence-corrected chi connectivity index (χ4v) is 3.94. The van der Waals surface area contributed by atoms with Gasteiger partial charge in [-0.3, -0.25) is 14.7 Å². The number of piperidine rings is 1. The summed E-state index contributed by atoms with van der Waals surface area (Å²) in [7, 11) is 1.85. The summed E-state index contributed by atoms with van der Waals surface area (Å²) in [5.74, 6) is 1.14. The lowest BCUT2D eigenvalue weighted by Crippen LogP contribution is -2.53. The van der Waals surface area contributed by atoms with Crippen molar-refractivity contribution >= 4 is 11.7 Å². The van der Waals surface area contributed by atoms with Crippen molar-refractivity contribution in [2.45, 2.75) is 38.3 Å². The molecule has 2 aliphatic rings. The summed E-state index contributed by atoms with van der Waals surface area (Å²) in [6.45, 7) is 4.91. The maximum absolute atomic E-state index is 12.5. The summed E-state index contributed by atoms with van der Waals surface area (Å²) in [5, 5.41) is 4.72. The highest BCUT2D eigenvalue weighted by Gasteiger charge is 2.45. The van der Waals surface area contributed by atoms with Gasteiger partial charge in [-0.25, -0.2) is 4.68 Å². The zero-order valence-corrected chi connectivity index (χ0v) is 14.3. The van der Waals surface area contributed by atoms with Crippen molar-refractivity contribution in [1.29, 1.82) is 0 Å². The van der Waals surface area contributed by atoms with Crippen LogP contribution < -0.4 is 4.90 Å². The van der Waals surface area contributed by atoms with Gasteiger partial charge in [0.1, 0.15) is 5.82 Å². The Morgan fingerprint density at radius 3 is 2.62 bits per heavy atom. The molecular formula is C18H23N5O. The van der Waals surface area contributed by atoms with Crippen molar-refractivity contribution < 1.29 is 4.79 Å². The number of likely N-dealkylation sites (tertiary alicyclic amines) is 1. The number of hydrogen-bond donors (Lipinski definition) is 0. The van der Waals surface area contributed by atoms with E-state index in [4.69, 9.17) is 5.10 Å². The van der Waals surface area contributed by atoms with Crippen LogP contribution in [0.25, 0.3) is 0 Å². The number of rotatable bonds is 2. The molecule has 6 heteroatoms. The molecule has 1 fully saturated rings. The molecule has 1 saturated heterocycles. The van der Waals surface area contributed by atoms with E-state index in [1.807, 2.05) is 32.4 Å². The number of pyridine rings is 1. The molecule has 24 heavy (non-hydrogen) atoms. The summed E-state index contributed by atoms with van der Waals surface area (Å²) in [6.07, 6.45) is 6.17. The van der Waals surface area contributed by atoms with E-state index < -0.39 is 0 Å². The van der Waals surface area contributed by atoms with Gasteiger partial charge < -0.3 is 4.90 Å². The maximum atomic E-state index is 12.5. The monoisotopic (exact) mass is 325 g/mol. The number of carbonyl (C=O) groups is 1. The molecule has 2 aromatic rings. The van der Waals surface area contributed by atoms with E-state index >= 15 is 0 Å². The first-order valence-corrected chi connectivity index (χ1v) is 8.52. The summed E-state index contributed by atoms with van der Waals surface area (Å²) in [5.41, 5.74) is 2.11. The van der Waals surface area contributed by atoms with E-state index in [-0.39, 0.29) is 11.4 Å². The van der Waals surface area contributed by atoms with Crippen LogP contribution in [0.4, 0.5) is 5.82 Å². The van der Waals surface area contributed by atoms with E-state index in [2.05, 4.69) is 26.7 Å². The smallest absolute Gasteiger partial charge is 0.230 e. The van der Waals surface area contributed by atoms with Crippen molar-refractivity contribution in [2.75, 3.05) is 25.0 Å². The van der Waals surface area contributed by atoms with Crippen LogP contribution in [0, 0.1) is 6.92 Å². The third-order valence-electron chi connectivity index (χ3n) is 5.40. The lowest BCUT2D eigenvalue weighted by atomic mass is 9.82. The van der Waals surface area contributed by atoms with E-state index in [9.17, 15) is 4.79 Å². The van der Waals surface area contributed by atoms with Gasteiger partial charge in [-0.2, -0.15) is 5.10 Å². The van der Waals surface area contributed by atoms with E-state index in [0.29, 0.717) is 6.42 Å². The molecule has 2 aromatic heterocycles. The van der Waals surface area contributed by atoms with Crippen LogP contribution in [0.5, 0.6) is 0 Å². The van der Waals surface area contributed by atoms with E-state index in [1.165, 1.54) is 5.56 Å². The van der Waals surface area contributed by atoms with Gasteiger partial charge in [-0.05, 0) is 37.5 Å². The average Bonchev–Trinajstić information content (AvgIpc) is 2.99. The Morgan fingerprint density at radius 2 is 1.92 bits per heavy atom. The maximum Gasteiger partial charge on any atom is 0.230 e. The Kier molecular flexibility index (Phi) is 3.64. The largest absolute Gasteiger partial charge is 0.300 e. The topological polar surface area (TPSA) is 54.3 Å².